The highest BCUT2D eigenvalue weighted by atomic mass is 16.5. The van der Waals surface area contributed by atoms with Crippen LogP contribution in [0.15, 0.2) is 42.5 Å². The zero-order valence-electron chi connectivity index (χ0n) is 15.9. The van der Waals surface area contributed by atoms with Crippen molar-refractivity contribution in [2.45, 2.75) is 6.42 Å². The number of nitrogens with zero attached hydrogens (tertiary/aromatic N) is 2. The maximum absolute atomic E-state index is 12.7. The molecule has 0 saturated carbocycles. The van der Waals surface area contributed by atoms with Crippen molar-refractivity contribution in [1.82, 2.24) is 19.9 Å². The molecular formula is C22H22N4O3. The Hall–Kier alpha value is -3.16. The summed E-state index contributed by atoms with van der Waals surface area (Å²) >= 11 is 0. The van der Waals surface area contributed by atoms with Gasteiger partial charge in [-0.25, -0.2) is 4.98 Å². The van der Waals surface area contributed by atoms with Crippen molar-refractivity contribution in [3.63, 3.8) is 0 Å². The number of aromatic hydroxyl groups is 1. The normalized spacial score (nSPS) is 15.3. The summed E-state index contributed by atoms with van der Waals surface area (Å²) in [4.78, 5) is 25.8. The number of aromatic amines is 2. The van der Waals surface area contributed by atoms with Crippen molar-refractivity contribution >= 4 is 27.7 Å². The third kappa shape index (κ3) is 3.39. The van der Waals surface area contributed by atoms with Crippen molar-refractivity contribution in [1.29, 1.82) is 0 Å². The molecule has 148 valence electrons. The van der Waals surface area contributed by atoms with Crippen molar-refractivity contribution in [3.05, 3.63) is 48.0 Å². The first-order valence-electron chi connectivity index (χ1n) is 9.82. The molecule has 1 aliphatic rings. The largest absolute Gasteiger partial charge is 0.494 e. The van der Waals surface area contributed by atoms with Crippen LogP contribution in [0.25, 0.3) is 33.3 Å². The van der Waals surface area contributed by atoms with Gasteiger partial charge in [-0.3, -0.25) is 9.69 Å². The van der Waals surface area contributed by atoms with E-state index in [1.807, 2.05) is 42.5 Å². The number of rotatable bonds is 5. The standard InChI is InChI=1S/C22H22N4O3/c27-19(7-8-26-9-11-29-12-10-26)14-5-6-17-18(13-14)24-21(23-17)20-15-3-1-2-4-16(15)25-22(20)28/h1-6,13,25,28H,7-12H2,(H,23,24). The quantitative estimate of drug-likeness (QED) is 0.455. The van der Waals surface area contributed by atoms with Gasteiger partial charge >= 0.3 is 0 Å². The highest BCUT2D eigenvalue weighted by Crippen LogP contribution is 2.35. The van der Waals surface area contributed by atoms with Crippen molar-refractivity contribution in [2.75, 3.05) is 32.8 Å². The number of aromatic nitrogens is 3. The molecule has 0 bridgehead atoms. The van der Waals surface area contributed by atoms with Gasteiger partial charge in [0.1, 0.15) is 5.82 Å². The van der Waals surface area contributed by atoms with Gasteiger partial charge < -0.3 is 19.8 Å². The van der Waals surface area contributed by atoms with E-state index in [9.17, 15) is 9.90 Å². The molecule has 0 unspecified atom stereocenters. The summed E-state index contributed by atoms with van der Waals surface area (Å²) in [6.45, 7) is 3.97. The molecule has 3 N–H and O–H groups in total. The van der Waals surface area contributed by atoms with Gasteiger partial charge in [0, 0.05) is 42.5 Å². The van der Waals surface area contributed by atoms with Crippen LogP contribution in [0, 0.1) is 0 Å². The topological polar surface area (TPSA) is 94.2 Å². The Morgan fingerprint density at radius 3 is 2.79 bits per heavy atom. The van der Waals surface area contributed by atoms with Crippen molar-refractivity contribution < 1.29 is 14.6 Å². The Kier molecular flexibility index (Phi) is 4.54. The Balaban J connectivity index is 1.41. The molecular weight excluding hydrogens is 368 g/mol. The Morgan fingerprint density at radius 1 is 1.10 bits per heavy atom. The second-order valence-electron chi connectivity index (χ2n) is 7.34. The summed E-state index contributed by atoms with van der Waals surface area (Å²) in [5, 5.41) is 11.3. The molecule has 0 spiro atoms. The number of nitrogens with one attached hydrogen (secondary N) is 2. The van der Waals surface area contributed by atoms with Gasteiger partial charge in [-0.05, 0) is 24.3 Å². The minimum Gasteiger partial charge on any atom is -0.494 e. The van der Waals surface area contributed by atoms with Gasteiger partial charge in [-0.15, -0.1) is 0 Å². The van der Waals surface area contributed by atoms with E-state index < -0.39 is 0 Å². The first kappa shape index (κ1) is 17.9. The summed E-state index contributed by atoms with van der Waals surface area (Å²) in [6, 6.07) is 13.2. The lowest BCUT2D eigenvalue weighted by molar-refractivity contribution is 0.0370. The zero-order valence-corrected chi connectivity index (χ0v) is 15.9. The van der Waals surface area contributed by atoms with Gasteiger partial charge in [0.25, 0.3) is 0 Å². The third-order valence-electron chi connectivity index (χ3n) is 5.49. The van der Waals surface area contributed by atoms with E-state index in [4.69, 9.17) is 4.74 Å². The lowest BCUT2D eigenvalue weighted by Crippen LogP contribution is -2.37. The van der Waals surface area contributed by atoms with Crippen LogP contribution in [0.3, 0.4) is 0 Å². The lowest BCUT2D eigenvalue weighted by atomic mass is 10.1. The Morgan fingerprint density at radius 2 is 1.93 bits per heavy atom. The molecule has 2 aromatic carbocycles. The highest BCUT2D eigenvalue weighted by molar-refractivity contribution is 6.01. The van der Waals surface area contributed by atoms with Crippen LogP contribution < -0.4 is 0 Å². The zero-order chi connectivity index (χ0) is 19.8. The van der Waals surface area contributed by atoms with Gasteiger partial charge in [0.2, 0.25) is 5.88 Å². The second kappa shape index (κ2) is 7.35. The second-order valence-corrected chi connectivity index (χ2v) is 7.34. The molecule has 1 fully saturated rings. The number of para-hydroxylation sites is 1. The summed E-state index contributed by atoms with van der Waals surface area (Å²) < 4.78 is 5.35. The number of carbonyl (C=O) groups excluding carboxylic acids is 1. The van der Waals surface area contributed by atoms with E-state index >= 15 is 0 Å². The first-order valence-corrected chi connectivity index (χ1v) is 9.82. The fourth-order valence-electron chi connectivity index (χ4n) is 3.90. The van der Waals surface area contributed by atoms with Crippen LogP contribution in [-0.4, -0.2) is 63.6 Å². The molecule has 7 heteroatoms. The number of fused-ring (bicyclic) bond motifs is 2. The first-order chi connectivity index (χ1) is 14.2. The van der Waals surface area contributed by atoms with Gasteiger partial charge in [0.05, 0.1) is 29.8 Å². The Bertz CT molecular complexity index is 1190. The van der Waals surface area contributed by atoms with E-state index in [-0.39, 0.29) is 11.7 Å². The molecule has 1 saturated heterocycles. The molecule has 7 nitrogen and oxygen atoms in total. The average Bonchev–Trinajstić information content (AvgIpc) is 3.31. The predicted octanol–water partition coefficient (Wildman–Crippen LogP) is 3.32. The number of carbonyl (C=O) groups is 1. The molecule has 0 atom stereocenters. The van der Waals surface area contributed by atoms with Crippen molar-refractivity contribution in [3.8, 4) is 17.3 Å². The van der Waals surface area contributed by atoms with Crippen LogP contribution in [-0.2, 0) is 4.74 Å². The number of ketones is 1. The summed E-state index contributed by atoms with van der Waals surface area (Å²) in [6.07, 6.45) is 0.482. The number of morpholine rings is 1. The number of ether oxygens (including phenoxy) is 1. The summed E-state index contributed by atoms with van der Waals surface area (Å²) in [7, 11) is 0. The smallest absolute Gasteiger partial charge is 0.200 e. The lowest BCUT2D eigenvalue weighted by Gasteiger charge is -2.26. The highest BCUT2D eigenvalue weighted by Gasteiger charge is 2.17. The maximum Gasteiger partial charge on any atom is 0.200 e. The molecule has 0 aliphatic carbocycles. The van der Waals surface area contributed by atoms with E-state index in [0.29, 0.717) is 23.4 Å². The minimum atomic E-state index is 0.0760. The van der Waals surface area contributed by atoms with E-state index in [1.54, 1.807) is 0 Å². The fraction of sp³-hybridized carbons (Fsp3) is 0.273. The van der Waals surface area contributed by atoms with Crippen LogP contribution in [0.5, 0.6) is 5.88 Å². The number of hydrogen-bond donors (Lipinski definition) is 3. The molecule has 29 heavy (non-hydrogen) atoms. The number of imidazole rings is 1. The molecule has 3 heterocycles. The molecule has 0 radical (unpaired) electrons. The van der Waals surface area contributed by atoms with Crippen LogP contribution >= 0.6 is 0 Å². The maximum atomic E-state index is 12.7. The minimum absolute atomic E-state index is 0.0760. The third-order valence-corrected chi connectivity index (χ3v) is 5.49. The SMILES string of the molecule is O=C(CCN1CCOCC1)c1ccc2nc(-c3c(O)[nH]c4ccccc34)[nH]c2c1. The van der Waals surface area contributed by atoms with Gasteiger partial charge in [-0.1, -0.05) is 18.2 Å². The Labute approximate surface area is 167 Å². The molecule has 5 rings (SSSR count). The van der Waals surface area contributed by atoms with Gasteiger partial charge in [-0.2, -0.15) is 0 Å². The molecule has 2 aromatic heterocycles. The molecule has 0 amide bonds. The van der Waals surface area contributed by atoms with E-state index in [1.165, 1.54) is 0 Å². The number of benzene rings is 2. The van der Waals surface area contributed by atoms with Crippen molar-refractivity contribution in [2.24, 2.45) is 0 Å². The van der Waals surface area contributed by atoms with Crippen LogP contribution in [0.2, 0.25) is 0 Å². The van der Waals surface area contributed by atoms with Crippen LogP contribution in [0.1, 0.15) is 16.8 Å². The summed E-state index contributed by atoms with van der Waals surface area (Å²) in [5.74, 6) is 0.768. The number of hydrogen-bond acceptors (Lipinski definition) is 5. The van der Waals surface area contributed by atoms with E-state index in [2.05, 4.69) is 19.9 Å². The van der Waals surface area contributed by atoms with Gasteiger partial charge in [0.15, 0.2) is 5.78 Å². The molecule has 1 aliphatic heterocycles. The van der Waals surface area contributed by atoms with E-state index in [0.717, 1.165) is 54.8 Å². The summed E-state index contributed by atoms with van der Waals surface area (Å²) in [5.41, 5.74) is 3.69. The molecule has 4 aromatic rings. The van der Waals surface area contributed by atoms with Crippen LogP contribution in [0.4, 0.5) is 0 Å². The fourth-order valence-corrected chi connectivity index (χ4v) is 3.90. The number of Topliss-reactive ketones (excluding diaryl/α,β-unsaturated/α-hetero) is 1. The number of H-pyrrole nitrogens is 2. The average molecular weight is 390 g/mol. The predicted molar refractivity (Wildman–Crippen MR) is 111 cm³/mol. The monoisotopic (exact) mass is 390 g/mol.